The number of hydrogen-bond acceptors (Lipinski definition) is 2. The Balaban J connectivity index is 1.99. The minimum Gasteiger partial charge on any atom is -0.0853 e. The van der Waals surface area contributed by atoms with Crippen LogP contribution in [0.25, 0.3) is 0 Å². The zero-order chi connectivity index (χ0) is 14.2. The van der Waals surface area contributed by atoms with Crippen LogP contribution in [0.5, 0.6) is 0 Å². The maximum Gasteiger partial charge on any atom is 0.0398 e. The van der Waals surface area contributed by atoms with Gasteiger partial charge in [0.25, 0.3) is 0 Å². The SMILES string of the molecule is CC[C@H](SS[C@@H](CC)c1ccccc1)c1ccccc1. The molecule has 0 aliphatic rings. The first kappa shape index (κ1) is 15.5. The molecule has 0 unspecified atom stereocenters. The van der Waals surface area contributed by atoms with Gasteiger partial charge in [-0.15, -0.1) is 0 Å². The van der Waals surface area contributed by atoms with Crippen molar-refractivity contribution in [2.45, 2.75) is 37.2 Å². The van der Waals surface area contributed by atoms with E-state index in [1.807, 2.05) is 21.6 Å². The van der Waals surface area contributed by atoms with Gasteiger partial charge in [-0.05, 0) is 24.0 Å². The van der Waals surface area contributed by atoms with E-state index in [0.29, 0.717) is 10.5 Å². The fourth-order valence-electron chi connectivity index (χ4n) is 2.19. The Bertz CT molecular complexity index is 434. The summed E-state index contributed by atoms with van der Waals surface area (Å²) in [5.41, 5.74) is 2.88. The molecule has 0 amide bonds. The zero-order valence-electron chi connectivity index (χ0n) is 12.2. The Labute approximate surface area is 130 Å². The lowest BCUT2D eigenvalue weighted by Crippen LogP contribution is -1.93. The molecule has 2 atom stereocenters. The van der Waals surface area contributed by atoms with Gasteiger partial charge >= 0.3 is 0 Å². The highest BCUT2D eigenvalue weighted by Crippen LogP contribution is 2.48. The third-order valence-electron chi connectivity index (χ3n) is 3.37. The molecule has 0 spiro atoms. The van der Waals surface area contributed by atoms with E-state index in [0.717, 1.165) is 0 Å². The van der Waals surface area contributed by atoms with Crippen LogP contribution in [0, 0.1) is 0 Å². The Hall–Kier alpha value is -0.860. The smallest absolute Gasteiger partial charge is 0.0398 e. The summed E-state index contributed by atoms with van der Waals surface area (Å²) in [6.45, 7) is 4.55. The van der Waals surface area contributed by atoms with Crippen molar-refractivity contribution in [3.8, 4) is 0 Å². The summed E-state index contributed by atoms with van der Waals surface area (Å²) in [5, 5.41) is 1.16. The number of hydrogen-bond donors (Lipinski definition) is 0. The van der Waals surface area contributed by atoms with Crippen molar-refractivity contribution in [3.05, 3.63) is 71.8 Å². The largest absolute Gasteiger partial charge is 0.0853 e. The average Bonchev–Trinajstić information content (AvgIpc) is 2.53. The Morgan fingerprint density at radius 3 is 1.30 bits per heavy atom. The van der Waals surface area contributed by atoms with Crippen LogP contribution in [0.15, 0.2) is 60.7 Å². The van der Waals surface area contributed by atoms with Gasteiger partial charge in [0.2, 0.25) is 0 Å². The van der Waals surface area contributed by atoms with Crippen LogP contribution in [0.3, 0.4) is 0 Å². The van der Waals surface area contributed by atoms with Crippen molar-refractivity contribution < 1.29 is 0 Å². The van der Waals surface area contributed by atoms with Gasteiger partial charge in [0, 0.05) is 10.5 Å². The van der Waals surface area contributed by atoms with E-state index in [4.69, 9.17) is 0 Å². The highest BCUT2D eigenvalue weighted by molar-refractivity contribution is 8.76. The molecule has 0 saturated carbocycles. The molecule has 0 nitrogen and oxygen atoms in total. The monoisotopic (exact) mass is 302 g/mol. The Morgan fingerprint density at radius 2 is 1.00 bits per heavy atom. The molecule has 0 aromatic heterocycles. The fourth-order valence-corrected chi connectivity index (χ4v) is 5.55. The van der Waals surface area contributed by atoms with Crippen molar-refractivity contribution in [2.24, 2.45) is 0 Å². The Morgan fingerprint density at radius 1 is 0.650 bits per heavy atom. The summed E-state index contributed by atoms with van der Waals surface area (Å²) in [7, 11) is 4.04. The van der Waals surface area contributed by atoms with Crippen molar-refractivity contribution in [3.63, 3.8) is 0 Å². The second-order valence-electron chi connectivity index (χ2n) is 4.81. The lowest BCUT2D eigenvalue weighted by atomic mass is 10.1. The molecule has 0 aliphatic heterocycles. The summed E-state index contributed by atoms with van der Waals surface area (Å²) < 4.78 is 0. The topological polar surface area (TPSA) is 0 Å². The van der Waals surface area contributed by atoms with E-state index >= 15 is 0 Å². The maximum atomic E-state index is 2.27. The Kier molecular flexibility index (Phi) is 6.55. The van der Waals surface area contributed by atoms with Gasteiger partial charge in [0.05, 0.1) is 0 Å². The predicted molar refractivity (Wildman–Crippen MR) is 94.1 cm³/mol. The van der Waals surface area contributed by atoms with Crippen LogP contribution in [0.2, 0.25) is 0 Å². The van der Waals surface area contributed by atoms with Gasteiger partial charge < -0.3 is 0 Å². The third kappa shape index (κ3) is 4.32. The van der Waals surface area contributed by atoms with Gasteiger partial charge in [-0.2, -0.15) is 0 Å². The first-order valence-electron chi connectivity index (χ1n) is 7.27. The fraction of sp³-hybridized carbons (Fsp3) is 0.333. The van der Waals surface area contributed by atoms with Crippen molar-refractivity contribution in [1.82, 2.24) is 0 Å². The maximum absolute atomic E-state index is 2.27. The zero-order valence-corrected chi connectivity index (χ0v) is 13.8. The first-order chi connectivity index (χ1) is 9.85. The molecular formula is C18H22S2. The van der Waals surface area contributed by atoms with E-state index in [-0.39, 0.29) is 0 Å². The summed E-state index contributed by atoms with van der Waals surface area (Å²) >= 11 is 0. The molecule has 2 aromatic carbocycles. The highest BCUT2D eigenvalue weighted by Gasteiger charge is 2.15. The third-order valence-corrected chi connectivity index (χ3v) is 6.89. The summed E-state index contributed by atoms with van der Waals surface area (Å²) in [4.78, 5) is 0. The quantitative estimate of drug-likeness (QED) is 0.524. The van der Waals surface area contributed by atoms with Gasteiger partial charge in [0.15, 0.2) is 0 Å². The first-order valence-corrected chi connectivity index (χ1v) is 9.54. The molecular weight excluding hydrogens is 280 g/mol. The van der Waals surface area contributed by atoms with Crippen LogP contribution >= 0.6 is 21.6 Å². The van der Waals surface area contributed by atoms with Crippen molar-refractivity contribution in [2.75, 3.05) is 0 Å². The van der Waals surface area contributed by atoms with Gasteiger partial charge in [0.1, 0.15) is 0 Å². The molecule has 0 heterocycles. The lowest BCUT2D eigenvalue weighted by Gasteiger charge is -2.19. The molecule has 0 aliphatic carbocycles. The average molecular weight is 303 g/mol. The minimum atomic E-state index is 0.582. The molecule has 2 aromatic rings. The van der Waals surface area contributed by atoms with Crippen LogP contribution < -0.4 is 0 Å². The molecule has 20 heavy (non-hydrogen) atoms. The molecule has 0 radical (unpaired) electrons. The van der Waals surface area contributed by atoms with Crippen LogP contribution in [-0.2, 0) is 0 Å². The number of rotatable bonds is 7. The number of benzene rings is 2. The normalized spacial score (nSPS) is 13.9. The van der Waals surface area contributed by atoms with Gasteiger partial charge in [-0.3, -0.25) is 0 Å². The molecule has 0 N–H and O–H groups in total. The van der Waals surface area contributed by atoms with Crippen LogP contribution in [0.4, 0.5) is 0 Å². The second-order valence-corrected chi connectivity index (χ2v) is 7.49. The van der Waals surface area contributed by atoms with Gasteiger partial charge in [-0.1, -0.05) is 96.1 Å². The summed E-state index contributed by atoms with van der Waals surface area (Å²) in [5.74, 6) is 0. The molecule has 0 saturated heterocycles. The highest BCUT2D eigenvalue weighted by atomic mass is 33.1. The standard InChI is InChI=1S/C18H22S2/c1-3-17(15-11-7-5-8-12-15)19-20-18(4-2)16-13-9-6-10-14-16/h5-14,17-18H,3-4H2,1-2H3/t17-,18-/m0/s1. The summed E-state index contributed by atoms with van der Waals surface area (Å²) in [6, 6.07) is 21.7. The van der Waals surface area contributed by atoms with E-state index in [1.165, 1.54) is 24.0 Å². The molecule has 2 heteroatoms. The van der Waals surface area contributed by atoms with Crippen molar-refractivity contribution >= 4 is 21.6 Å². The minimum absolute atomic E-state index is 0.582. The lowest BCUT2D eigenvalue weighted by molar-refractivity contribution is 0.893. The van der Waals surface area contributed by atoms with Crippen LogP contribution in [0.1, 0.15) is 48.3 Å². The molecule has 106 valence electrons. The molecule has 2 rings (SSSR count). The molecule has 0 bridgehead atoms. The molecule has 0 fully saturated rings. The van der Waals surface area contributed by atoms with Crippen LogP contribution in [-0.4, -0.2) is 0 Å². The van der Waals surface area contributed by atoms with E-state index < -0.39 is 0 Å². The second kappa shape index (κ2) is 8.43. The predicted octanol–water partition coefficient (Wildman–Crippen LogP) is 6.67. The van der Waals surface area contributed by atoms with Crippen molar-refractivity contribution in [1.29, 1.82) is 0 Å². The van der Waals surface area contributed by atoms with E-state index in [1.54, 1.807) is 0 Å². The summed E-state index contributed by atoms with van der Waals surface area (Å²) in [6.07, 6.45) is 2.35. The van der Waals surface area contributed by atoms with E-state index in [9.17, 15) is 0 Å². The van der Waals surface area contributed by atoms with Gasteiger partial charge in [-0.25, -0.2) is 0 Å². The van der Waals surface area contributed by atoms with E-state index in [2.05, 4.69) is 74.5 Å².